The van der Waals surface area contributed by atoms with Gasteiger partial charge in [0.15, 0.2) is 0 Å². The molecule has 0 amide bonds. The molecule has 0 radical (unpaired) electrons. The van der Waals surface area contributed by atoms with Crippen LogP contribution in [0.2, 0.25) is 0 Å². The average molecular weight is 396 g/mol. The third-order valence-corrected chi connectivity index (χ3v) is 5.88. The molecule has 0 aliphatic carbocycles. The molecule has 1 atom stereocenters. The van der Waals surface area contributed by atoms with Gasteiger partial charge in [0.1, 0.15) is 17.2 Å². The van der Waals surface area contributed by atoms with Crippen LogP contribution in [0.25, 0.3) is 11.1 Å². The number of aryl methyl sites for hydroxylation is 1. The minimum absolute atomic E-state index is 0.227. The number of benzene rings is 4. The summed E-state index contributed by atoms with van der Waals surface area (Å²) in [6, 6.07) is 28.5. The second-order valence-corrected chi connectivity index (χ2v) is 7.80. The normalized spacial score (nSPS) is 13.0. The first-order valence-corrected chi connectivity index (χ1v) is 9.87. The third kappa shape index (κ3) is 3.50. The summed E-state index contributed by atoms with van der Waals surface area (Å²) in [6.45, 7) is 4.05. The largest absolute Gasteiger partial charge is 0.508 e. The minimum Gasteiger partial charge on any atom is -0.508 e. The molecule has 3 nitrogen and oxygen atoms in total. The molecule has 0 saturated carbocycles. The Morgan fingerprint density at radius 3 is 1.43 bits per heavy atom. The van der Waals surface area contributed by atoms with Crippen molar-refractivity contribution in [3.8, 4) is 28.4 Å². The Labute approximate surface area is 176 Å². The van der Waals surface area contributed by atoms with Crippen molar-refractivity contribution in [2.24, 2.45) is 0 Å². The van der Waals surface area contributed by atoms with Crippen LogP contribution in [0.4, 0.5) is 0 Å². The van der Waals surface area contributed by atoms with E-state index >= 15 is 0 Å². The molecule has 3 heteroatoms. The number of rotatable bonds is 4. The Hall–Kier alpha value is -3.72. The predicted molar refractivity (Wildman–Crippen MR) is 120 cm³/mol. The van der Waals surface area contributed by atoms with E-state index in [4.69, 9.17) is 0 Å². The number of aromatic hydroxyl groups is 3. The van der Waals surface area contributed by atoms with E-state index in [-0.39, 0.29) is 17.2 Å². The van der Waals surface area contributed by atoms with Crippen molar-refractivity contribution in [3.05, 3.63) is 113 Å². The van der Waals surface area contributed by atoms with E-state index in [0.717, 1.165) is 33.4 Å². The first kappa shape index (κ1) is 19.6. The Bertz CT molecular complexity index is 1160. The SMILES string of the molecule is Cc1cc(C(C)(c2ccc(O)cc2)c2ccc(-c3ccc(O)cc3)cc2)ccc1O. The summed E-state index contributed by atoms with van der Waals surface area (Å²) in [5.74, 6) is 0.748. The van der Waals surface area contributed by atoms with E-state index in [1.54, 1.807) is 30.3 Å². The Morgan fingerprint density at radius 1 is 0.533 bits per heavy atom. The van der Waals surface area contributed by atoms with Gasteiger partial charge in [-0.05, 0) is 77.6 Å². The molecule has 1 unspecified atom stereocenters. The molecule has 4 rings (SSSR count). The Morgan fingerprint density at radius 2 is 0.933 bits per heavy atom. The number of hydrogen-bond acceptors (Lipinski definition) is 3. The van der Waals surface area contributed by atoms with Crippen molar-refractivity contribution < 1.29 is 15.3 Å². The summed E-state index contributed by atoms with van der Waals surface area (Å²) in [7, 11) is 0. The molecule has 4 aromatic rings. The topological polar surface area (TPSA) is 60.7 Å². The van der Waals surface area contributed by atoms with Crippen LogP contribution in [0.1, 0.15) is 29.2 Å². The number of phenolic OH excluding ortho intramolecular Hbond substituents is 3. The molecule has 0 bridgehead atoms. The maximum absolute atomic E-state index is 10.0. The lowest BCUT2D eigenvalue weighted by Gasteiger charge is -2.32. The lowest BCUT2D eigenvalue weighted by atomic mass is 9.70. The molecule has 3 N–H and O–H groups in total. The zero-order valence-corrected chi connectivity index (χ0v) is 17.0. The molecular weight excluding hydrogens is 372 g/mol. The highest BCUT2D eigenvalue weighted by molar-refractivity contribution is 5.65. The molecule has 0 aliphatic rings. The highest BCUT2D eigenvalue weighted by atomic mass is 16.3. The monoisotopic (exact) mass is 396 g/mol. The molecular formula is C27H24O3. The van der Waals surface area contributed by atoms with Crippen LogP contribution in [0.5, 0.6) is 17.2 Å². The second-order valence-electron chi connectivity index (χ2n) is 7.80. The van der Waals surface area contributed by atoms with Gasteiger partial charge >= 0.3 is 0 Å². The standard InChI is InChI=1S/C27H24O3/c1-18-17-23(11-16-26(18)30)27(2,22-9-14-25(29)15-10-22)21-7-3-19(4-8-21)20-5-12-24(28)13-6-20/h3-17,28-30H,1-2H3. The number of phenols is 3. The Kier molecular flexibility index (Phi) is 4.96. The van der Waals surface area contributed by atoms with Gasteiger partial charge in [0.25, 0.3) is 0 Å². The summed E-state index contributed by atoms with van der Waals surface area (Å²) in [5, 5.41) is 29.3. The smallest absolute Gasteiger partial charge is 0.118 e. The fourth-order valence-electron chi connectivity index (χ4n) is 3.91. The van der Waals surface area contributed by atoms with E-state index in [0.29, 0.717) is 0 Å². The highest BCUT2D eigenvalue weighted by Crippen LogP contribution is 2.41. The summed E-state index contributed by atoms with van der Waals surface area (Å²) in [5.41, 5.74) is 5.64. The van der Waals surface area contributed by atoms with Gasteiger partial charge < -0.3 is 15.3 Å². The summed E-state index contributed by atoms with van der Waals surface area (Å²) in [4.78, 5) is 0. The van der Waals surface area contributed by atoms with Crippen LogP contribution < -0.4 is 0 Å². The third-order valence-electron chi connectivity index (χ3n) is 5.88. The van der Waals surface area contributed by atoms with Gasteiger partial charge in [-0.3, -0.25) is 0 Å². The lowest BCUT2D eigenvalue weighted by Crippen LogP contribution is -2.25. The Balaban J connectivity index is 1.84. The molecule has 0 heterocycles. The number of hydrogen-bond donors (Lipinski definition) is 3. The first-order chi connectivity index (χ1) is 14.4. The van der Waals surface area contributed by atoms with Crippen molar-refractivity contribution >= 4 is 0 Å². The van der Waals surface area contributed by atoms with Gasteiger partial charge in [0, 0.05) is 5.41 Å². The zero-order valence-electron chi connectivity index (χ0n) is 17.0. The maximum atomic E-state index is 10.0. The first-order valence-electron chi connectivity index (χ1n) is 9.87. The molecule has 0 saturated heterocycles. The van der Waals surface area contributed by atoms with Crippen molar-refractivity contribution in [2.45, 2.75) is 19.3 Å². The fourth-order valence-corrected chi connectivity index (χ4v) is 3.91. The van der Waals surface area contributed by atoms with Crippen molar-refractivity contribution in [3.63, 3.8) is 0 Å². The minimum atomic E-state index is -0.473. The summed E-state index contributed by atoms with van der Waals surface area (Å²) < 4.78 is 0. The van der Waals surface area contributed by atoms with E-state index in [9.17, 15) is 15.3 Å². The highest BCUT2D eigenvalue weighted by Gasteiger charge is 2.31. The van der Waals surface area contributed by atoms with Crippen LogP contribution in [-0.4, -0.2) is 15.3 Å². The molecule has 0 fully saturated rings. The summed E-state index contributed by atoms with van der Waals surface area (Å²) >= 11 is 0. The van der Waals surface area contributed by atoms with Gasteiger partial charge in [0.05, 0.1) is 0 Å². The van der Waals surface area contributed by atoms with Crippen LogP contribution in [-0.2, 0) is 5.41 Å². The van der Waals surface area contributed by atoms with E-state index in [1.807, 2.05) is 43.3 Å². The van der Waals surface area contributed by atoms with Crippen LogP contribution >= 0.6 is 0 Å². The molecule has 150 valence electrons. The van der Waals surface area contributed by atoms with Gasteiger partial charge in [0.2, 0.25) is 0 Å². The van der Waals surface area contributed by atoms with Gasteiger partial charge in [-0.2, -0.15) is 0 Å². The van der Waals surface area contributed by atoms with Crippen LogP contribution in [0.15, 0.2) is 91.0 Å². The van der Waals surface area contributed by atoms with Crippen LogP contribution in [0.3, 0.4) is 0 Å². The van der Waals surface area contributed by atoms with Crippen molar-refractivity contribution in [1.29, 1.82) is 0 Å². The molecule has 0 aromatic heterocycles. The molecule has 0 spiro atoms. The van der Waals surface area contributed by atoms with Crippen molar-refractivity contribution in [2.75, 3.05) is 0 Å². The molecule has 30 heavy (non-hydrogen) atoms. The lowest BCUT2D eigenvalue weighted by molar-refractivity contribution is 0.470. The maximum Gasteiger partial charge on any atom is 0.118 e. The van der Waals surface area contributed by atoms with Gasteiger partial charge in [-0.15, -0.1) is 0 Å². The second kappa shape index (κ2) is 7.60. The molecule has 4 aromatic carbocycles. The quantitative estimate of drug-likeness (QED) is 0.364. The van der Waals surface area contributed by atoms with Gasteiger partial charge in [-0.25, -0.2) is 0 Å². The fraction of sp³-hybridized carbons (Fsp3) is 0.111. The predicted octanol–water partition coefficient (Wildman–Crippen LogP) is 6.13. The average Bonchev–Trinajstić information content (AvgIpc) is 2.76. The zero-order chi connectivity index (χ0) is 21.3. The van der Waals surface area contributed by atoms with E-state index < -0.39 is 5.41 Å². The molecule has 0 aliphatic heterocycles. The summed E-state index contributed by atoms with van der Waals surface area (Å²) in [6.07, 6.45) is 0. The van der Waals surface area contributed by atoms with E-state index in [2.05, 4.69) is 31.2 Å². The van der Waals surface area contributed by atoms with Gasteiger partial charge in [-0.1, -0.05) is 60.7 Å². The van der Waals surface area contributed by atoms with E-state index in [1.165, 1.54) is 0 Å². The van der Waals surface area contributed by atoms with Crippen LogP contribution in [0, 0.1) is 6.92 Å². The van der Waals surface area contributed by atoms with Crippen molar-refractivity contribution in [1.82, 2.24) is 0 Å².